The fourth-order valence-corrected chi connectivity index (χ4v) is 7.28. The van der Waals surface area contributed by atoms with Gasteiger partial charge in [-0.3, -0.25) is 37.8 Å². The van der Waals surface area contributed by atoms with Crippen molar-refractivity contribution in [1.29, 1.82) is 0 Å². The van der Waals surface area contributed by atoms with Crippen molar-refractivity contribution in [2.24, 2.45) is 23.5 Å². The van der Waals surface area contributed by atoms with Crippen molar-refractivity contribution in [1.82, 2.24) is 25.5 Å². The van der Waals surface area contributed by atoms with Crippen LogP contribution in [-0.4, -0.2) is 131 Å². The molecule has 1 aromatic heterocycles. The molecule has 7 N–H and O–H groups in total. The van der Waals surface area contributed by atoms with Crippen LogP contribution in [-0.2, 0) is 58.3 Å². The van der Waals surface area contributed by atoms with Gasteiger partial charge < -0.3 is 45.7 Å². The lowest BCUT2D eigenvalue weighted by Crippen LogP contribution is -2.52. The fourth-order valence-electron chi connectivity index (χ4n) is 6.30. The molecule has 20 heteroatoms. The second-order valence-electron chi connectivity index (χ2n) is 14.4. The Kier molecular flexibility index (Phi) is 22.1. The number of nitrogens with zero attached hydrogens (tertiary/aromatic N) is 2. The number of amides is 4. The molecule has 57 heavy (non-hydrogen) atoms. The molecule has 0 aliphatic carbocycles. The topological polar surface area (TPSA) is 279 Å². The number of aliphatic hydroxyl groups is 1. The number of allylic oxidation sites excluding steroid dienone is 1. The number of aromatic nitrogens is 2. The standard InChI is InChI=1S/C37H61N6O13P/c1-6-7-8-13-55-57(51,52)56-25(4)28(35(38)48)20-33(46)30(22-44)42-36(49)26(18-27-21-39-23-40-27)19-32(45)29(17-24(2)3)41-37(50)31-10-9-12-43(31)34(47)11-14-54-16-15-53-5/h6,21,23-26,28-31,44H,1,7-20,22H2,2-5H3,(H2,38,48)(H,39,40)(H,41,50)(H,42,49)(H,51,52)/t25-,26-,28+,29+,30+,31+/m1/s1. The number of nitrogens with one attached hydrogen (secondary N) is 3. The average molecular weight is 829 g/mol. The third kappa shape index (κ3) is 17.7. The minimum atomic E-state index is -4.65. The van der Waals surface area contributed by atoms with Gasteiger partial charge in [0.15, 0.2) is 11.6 Å². The fraction of sp³-hybridized carbons (Fsp3) is 0.703. The number of rotatable bonds is 30. The first-order valence-electron chi connectivity index (χ1n) is 19.2. The number of H-pyrrole nitrogens is 1. The predicted molar refractivity (Wildman–Crippen MR) is 206 cm³/mol. The number of phosphoric ester groups is 1. The van der Waals surface area contributed by atoms with Crippen LogP contribution in [0.5, 0.6) is 0 Å². The minimum Gasteiger partial charge on any atom is -0.394 e. The van der Waals surface area contributed by atoms with Crippen LogP contribution >= 0.6 is 7.82 Å². The Morgan fingerprint density at radius 1 is 1.09 bits per heavy atom. The molecule has 0 spiro atoms. The van der Waals surface area contributed by atoms with Crippen LogP contribution in [0.25, 0.3) is 0 Å². The molecule has 1 aliphatic heterocycles. The number of phosphoric acid groups is 1. The molecule has 1 unspecified atom stereocenters. The van der Waals surface area contributed by atoms with E-state index in [0.29, 0.717) is 51.1 Å². The highest BCUT2D eigenvalue weighted by atomic mass is 31.2. The molecule has 2 heterocycles. The summed E-state index contributed by atoms with van der Waals surface area (Å²) >= 11 is 0. The van der Waals surface area contributed by atoms with Crippen LogP contribution < -0.4 is 16.4 Å². The monoisotopic (exact) mass is 828 g/mol. The number of aliphatic hydroxyl groups excluding tert-OH is 1. The van der Waals surface area contributed by atoms with Gasteiger partial charge in [-0.15, -0.1) is 6.58 Å². The number of likely N-dealkylation sites (tertiary alicyclic amines) is 1. The van der Waals surface area contributed by atoms with E-state index < -0.39 is 86.2 Å². The first kappa shape index (κ1) is 49.3. The van der Waals surface area contributed by atoms with Crippen LogP contribution in [0.15, 0.2) is 25.2 Å². The van der Waals surface area contributed by atoms with E-state index in [4.69, 9.17) is 24.3 Å². The smallest absolute Gasteiger partial charge is 0.394 e. The quantitative estimate of drug-likeness (QED) is 0.0361. The number of ether oxygens (including phenoxy) is 2. The Labute approximate surface area is 333 Å². The van der Waals surface area contributed by atoms with E-state index in [1.807, 2.05) is 13.8 Å². The van der Waals surface area contributed by atoms with Gasteiger partial charge in [0.2, 0.25) is 23.6 Å². The zero-order valence-electron chi connectivity index (χ0n) is 33.4. The molecular formula is C37H61N6O13P. The second-order valence-corrected chi connectivity index (χ2v) is 15.8. The third-order valence-electron chi connectivity index (χ3n) is 9.37. The first-order chi connectivity index (χ1) is 27.0. The van der Waals surface area contributed by atoms with E-state index in [1.54, 1.807) is 13.2 Å². The molecule has 0 aromatic carbocycles. The normalized spacial score (nSPS) is 17.9. The van der Waals surface area contributed by atoms with Crippen molar-refractivity contribution < 1.29 is 61.9 Å². The third-order valence-corrected chi connectivity index (χ3v) is 10.5. The summed E-state index contributed by atoms with van der Waals surface area (Å²) in [4.78, 5) is 98.5. The van der Waals surface area contributed by atoms with E-state index in [2.05, 4.69) is 27.2 Å². The van der Waals surface area contributed by atoms with Crippen LogP contribution in [0.2, 0.25) is 0 Å². The van der Waals surface area contributed by atoms with Crippen molar-refractivity contribution >= 4 is 43.0 Å². The lowest BCUT2D eigenvalue weighted by Gasteiger charge is -2.28. The molecule has 4 amide bonds. The van der Waals surface area contributed by atoms with Gasteiger partial charge in [0.1, 0.15) is 12.1 Å². The Morgan fingerprint density at radius 3 is 2.42 bits per heavy atom. The largest absolute Gasteiger partial charge is 0.472 e. The van der Waals surface area contributed by atoms with E-state index in [0.717, 1.165) is 0 Å². The molecule has 0 bridgehead atoms. The lowest BCUT2D eigenvalue weighted by atomic mass is 9.89. The van der Waals surface area contributed by atoms with Crippen LogP contribution in [0.1, 0.15) is 77.8 Å². The summed E-state index contributed by atoms with van der Waals surface area (Å²) in [7, 11) is -3.11. The van der Waals surface area contributed by atoms with Crippen molar-refractivity contribution in [2.45, 2.75) is 103 Å². The maximum absolute atomic E-state index is 13.9. The number of primary amides is 1. The number of unbranched alkanes of at least 4 members (excludes halogenated alkanes) is 1. The Balaban J connectivity index is 2.18. The van der Waals surface area contributed by atoms with Crippen LogP contribution in [0.3, 0.4) is 0 Å². The summed E-state index contributed by atoms with van der Waals surface area (Å²) in [6.07, 6.45) is 4.23. The number of carbonyl (C=O) groups excluding carboxylic acids is 6. The molecular weight excluding hydrogens is 767 g/mol. The molecule has 19 nitrogen and oxygen atoms in total. The van der Waals surface area contributed by atoms with Crippen molar-refractivity contribution in [3.05, 3.63) is 30.9 Å². The van der Waals surface area contributed by atoms with Gasteiger partial charge in [0.05, 0.1) is 69.8 Å². The number of hydrogen-bond acceptors (Lipinski definition) is 13. The summed E-state index contributed by atoms with van der Waals surface area (Å²) in [6.45, 7) is 8.80. The van der Waals surface area contributed by atoms with Gasteiger partial charge in [-0.1, -0.05) is 19.9 Å². The average Bonchev–Trinajstić information content (AvgIpc) is 3.86. The van der Waals surface area contributed by atoms with Gasteiger partial charge in [-0.05, 0) is 44.9 Å². The SMILES string of the molecule is C=CCCCOP(=O)(O)O[C@H](C)[C@H](CC(=O)[C@H](CO)NC(=O)[C@@H](CC(=O)[C@H](CC(C)C)NC(=O)[C@@H]1CCCN1C(=O)CCOCCOC)Cc1cnc[nH]1)C(N)=O. The van der Waals surface area contributed by atoms with Gasteiger partial charge in [-0.2, -0.15) is 0 Å². The molecule has 1 aliphatic rings. The highest BCUT2D eigenvalue weighted by molar-refractivity contribution is 7.47. The first-order valence-corrected chi connectivity index (χ1v) is 20.7. The number of carbonyl (C=O) groups is 6. The maximum atomic E-state index is 13.9. The molecule has 1 aromatic rings. The van der Waals surface area contributed by atoms with Crippen molar-refractivity contribution in [3.8, 4) is 0 Å². The van der Waals surface area contributed by atoms with E-state index in [1.165, 1.54) is 24.3 Å². The zero-order chi connectivity index (χ0) is 42.5. The Bertz CT molecular complexity index is 1510. The number of nitrogens with two attached hydrogens (primary N) is 1. The number of hydrogen-bond donors (Lipinski definition) is 6. The summed E-state index contributed by atoms with van der Waals surface area (Å²) in [6, 6.07) is -3.34. The van der Waals surface area contributed by atoms with Crippen molar-refractivity contribution in [2.75, 3.05) is 46.7 Å². The van der Waals surface area contributed by atoms with E-state index in [9.17, 15) is 43.3 Å². The summed E-state index contributed by atoms with van der Waals surface area (Å²) < 4.78 is 32.8. The van der Waals surface area contributed by atoms with E-state index >= 15 is 0 Å². The predicted octanol–water partition coefficient (Wildman–Crippen LogP) is 1.13. The number of Topliss-reactive ketones (excluding diaryl/α,β-unsaturated/α-hetero) is 2. The zero-order valence-corrected chi connectivity index (χ0v) is 34.3. The highest BCUT2D eigenvalue weighted by Gasteiger charge is 2.38. The molecule has 1 saturated heterocycles. The van der Waals surface area contributed by atoms with Crippen molar-refractivity contribution in [3.63, 3.8) is 0 Å². The lowest BCUT2D eigenvalue weighted by molar-refractivity contribution is -0.140. The Morgan fingerprint density at radius 2 is 1.81 bits per heavy atom. The molecule has 0 saturated carbocycles. The number of imidazole rings is 1. The molecule has 7 atom stereocenters. The second kappa shape index (κ2) is 25.5. The van der Waals surface area contributed by atoms with Gasteiger partial charge in [0, 0.05) is 44.8 Å². The summed E-state index contributed by atoms with van der Waals surface area (Å²) in [5.74, 6) is -6.46. The van der Waals surface area contributed by atoms with Gasteiger partial charge in [-0.25, -0.2) is 9.55 Å². The molecule has 1 fully saturated rings. The van der Waals surface area contributed by atoms with E-state index in [-0.39, 0.29) is 50.7 Å². The van der Waals surface area contributed by atoms with Gasteiger partial charge >= 0.3 is 7.82 Å². The highest BCUT2D eigenvalue weighted by Crippen LogP contribution is 2.46. The number of methoxy groups -OCH3 is 1. The number of aromatic amines is 1. The summed E-state index contributed by atoms with van der Waals surface area (Å²) in [5, 5.41) is 15.4. The maximum Gasteiger partial charge on any atom is 0.472 e. The minimum absolute atomic E-state index is 0.0308. The van der Waals surface area contributed by atoms with Crippen LogP contribution in [0.4, 0.5) is 0 Å². The molecule has 2 rings (SSSR count). The summed E-state index contributed by atoms with van der Waals surface area (Å²) in [5.41, 5.74) is 6.00. The van der Waals surface area contributed by atoms with Gasteiger partial charge in [0.25, 0.3) is 0 Å². The molecule has 322 valence electrons. The molecule has 0 radical (unpaired) electrons. The number of ketones is 2. The van der Waals surface area contributed by atoms with Crippen LogP contribution in [0, 0.1) is 17.8 Å². The Hall–Kier alpha value is -3.84.